The highest BCUT2D eigenvalue weighted by atomic mass is 15.1. The maximum Gasteiger partial charge on any atom is 0.0462 e. The molecular formula is C50H38N2. The second-order valence-electron chi connectivity index (χ2n) is 12.7. The van der Waals surface area contributed by atoms with Crippen molar-refractivity contribution in [3.8, 4) is 0 Å². The lowest BCUT2D eigenvalue weighted by Gasteiger charge is -2.25. The van der Waals surface area contributed by atoms with Gasteiger partial charge in [-0.15, -0.1) is 0 Å². The van der Waals surface area contributed by atoms with Gasteiger partial charge in [-0.05, 0) is 106 Å². The van der Waals surface area contributed by atoms with Crippen molar-refractivity contribution in [3.63, 3.8) is 0 Å². The second kappa shape index (κ2) is 15.3. The lowest BCUT2D eigenvalue weighted by atomic mass is 9.98. The molecule has 8 rings (SSSR count). The van der Waals surface area contributed by atoms with Crippen LogP contribution in [0.25, 0.3) is 35.1 Å². The van der Waals surface area contributed by atoms with Crippen LogP contribution in [0.4, 0.5) is 34.1 Å². The van der Waals surface area contributed by atoms with Crippen LogP contribution < -0.4 is 9.80 Å². The third-order valence-electron chi connectivity index (χ3n) is 9.26. The first kappa shape index (κ1) is 32.3. The van der Waals surface area contributed by atoms with Crippen molar-refractivity contribution in [2.24, 2.45) is 0 Å². The molecule has 248 valence electrons. The van der Waals surface area contributed by atoms with E-state index in [4.69, 9.17) is 0 Å². The van der Waals surface area contributed by atoms with Gasteiger partial charge in [0.2, 0.25) is 0 Å². The summed E-state index contributed by atoms with van der Waals surface area (Å²) in [5.74, 6) is 0. The Bertz CT molecular complexity index is 2160. The van der Waals surface area contributed by atoms with Gasteiger partial charge in [0.15, 0.2) is 0 Å². The molecule has 0 aliphatic heterocycles. The predicted molar refractivity (Wildman–Crippen MR) is 224 cm³/mol. The topological polar surface area (TPSA) is 6.48 Å². The summed E-state index contributed by atoms with van der Waals surface area (Å²) in [5, 5.41) is 2.46. The molecule has 0 aromatic heterocycles. The molecule has 0 bridgehead atoms. The SMILES string of the molecule is C(=Cc1ccc(C=Cc2ccc(N(c3ccccc3)c3ccccc3)cc2)c2ccccc12)c1ccc(N(c2ccccc2)c2ccccc2)cc1. The molecule has 0 atom stereocenters. The average Bonchev–Trinajstić information content (AvgIpc) is 3.22. The first-order valence-corrected chi connectivity index (χ1v) is 17.7. The highest BCUT2D eigenvalue weighted by molar-refractivity contribution is 5.99. The zero-order valence-electron chi connectivity index (χ0n) is 28.8. The van der Waals surface area contributed by atoms with E-state index in [1.807, 2.05) is 0 Å². The molecule has 0 aliphatic carbocycles. The van der Waals surface area contributed by atoms with Crippen LogP contribution >= 0.6 is 0 Å². The van der Waals surface area contributed by atoms with E-state index < -0.39 is 0 Å². The van der Waals surface area contributed by atoms with Crippen LogP contribution in [0.1, 0.15) is 22.3 Å². The number of nitrogens with zero attached hydrogens (tertiary/aromatic N) is 2. The monoisotopic (exact) mass is 666 g/mol. The zero-order chi connectivity index (χ0) is 35.0. The zero-order valence-corrected chi connectivity index (χ0v) is 28.8. The lowest BCUT2D eigenvalue weighted by Crippen LogP contribution is -2.09. The number of para-hydroxylation sites is 4. The minimum absolute atomic E-state index is 1.12. The van der Waals surface area contributed by atoms with Crippen LogP contribution in [0.2, 0.25) is 0 Å². The summed E-state index contributed by atoms with van der Waals surface area (Å²) in [7, 11) is 0. The number of benzene rings is 8. The second-order valence-corrected chi connectivity index (χ2v) is 12.7. The molecule has 0 N–H and O–H groups in total. The van der Waals surface area contributed by atoms with E-state index >= 15 is 0 Å². The summed E-state index contributed by atoms with van der Waals surface area (Å²) < 4.78 is 0. The van der Waals surface area contributed by atoms with Gasteiger partial charge in [0.05, 0.1) is 0 Å². The molecule has 0 unspecified atom stereocenters. The summed E-state index contributed by atoms with van der Waals surface area (Å²) in [6, 6.07) is 72.7. The van der Waals surface area contributed by atoms with Crippen molar-refractivity contribution in [1.29, 1.82) is 0 Å². The van der Waals surface area contributed by atoms with Gasteiger partial charge in [0, 0.05) is 34.1 Å². The molecule has 2 heteroatoms. The fourth-order valence-electron chi connectivity index (χ4n) is 6.68. The number of hydrogen-bond donors (Lipinski definition) is 0. The average molecular weight is 667 g/mol. The predicted octanol–water partition coefficient (Wildman–Crippen LogP) is 14.1. The Morgan fingerprint density at radius 1 is 0.231 bits per heavy atom. The van der Waals surface area contributed by atoms with Gasteiger partial charge in [-0.25, -0.2) is 0 Å². The van der Waals surface area contributed by atoms with Crippen molar-refractivity contribution in [1.82, 2.24) is 0 Å². The third kappa shape index (κ3) is 7.19. The number of anilines is 6. The molecule has 0 saturated heterocycles. The minimum atomic E-state index is 1.12. The van der Waals surface area contributed by atoms with E-state index in [9.17, 15) is 0 Å². The van der Waals surface area contributed by atoms with Gasteiger partial charge in [-0.2, -0.15) is 0 Å². The van der Waals surface area contributed by atoms with E-state index in [0.29, 0.717) is 0 Å². The maximum atomic E-state index is 2.28. The molecule has 0 fully saturated rings. The summed E-state index contributed by atoms with van der Waals surface area (Å²) in [6.45, 7) is 0. The van der Waals surface area contributed by atoms with Crippen molar-refractivity contribution < 1.29 is 0 Å². The summed E-state index contributed by atoms with van der Waals surface area (Å²) in [5.41, 5.74) is 11.5. The highest BCUT2D eigenvalue weighted by Crippen LogP contribution is 2.36. The number of rotatable bonds is 10. The molecule has 52 heavy (non-hydrogen) atoms. The van der Waals surface area contributed by atoms with Gasteiger partial charge in [0.25, 0.3) is 0 Å². The third-order valence-corrected chi connectivity index (χ3v) is 9.26. The Morgan fingerprint density at radius 3 is 0.808 bits per heavy atom. The fraction of sp³-hybridized carbons (Fsp3) is 0. The molecule has 8 aromatic carbocycles. The van der Waals surface area contributed by atoms with E-state index in [1.54, 1.807) is 0 Å². The maximum absolute atomic E-state index is 2.28. The first-order chi connectivity index (χ1) is 25.8. The molecule has 0 aliphatic rings. The molecule has 8 aromatic rings. The Hall–Kier alpha value is -6.90. The van der Waals surface area contributed by atoms with Crippen LogP contribution in [0.3, 0.4) is 0 Å². The van der Waals surface area contributed by atoms with Gasteiger partial charge < -0.3 is 9.80 Å². The van der Waals surface area contributed by atoms with Crippen LogP contribution in [0.5, 0.6) is 0 Å². The highest BCUT2D eigenvalue weighted by Gasteiger charge is 2.13. The van der Waals surface area contributed by atoms with Crippen molar-refractivity contribution in [2.45, 2.75) is 0 Å². The van der Waals surface area contributed by atoms with Crippen LogP contribution in [-0.2, 0) is 0 Å². The molecule has 0 amide bonds. The van der Waals surface area contributed by atoms with E-state index in [-0.39, 0.29) is 0 Å². The van der Waals surface area contributed by atoms with Crippen molar-refractivity contribution in [3.05, 3.63) is 229 Å². The van der Waals surface area contributed by atoms with Gasteiger partial charge >= 0.3 is 0 Å². The molecule has 0 saturated carbocycles. The van der Waals surface area contributed by atoms with Crippen LogP contribution in [-0.4, -0.2) is 0 Å². The molecule has 0 heterocycles. The van der Waals surface area contributed by atoms with Crippen LogP contribution in [0, 0.1) is 0 Å². The number of hydrogen-bond acceptors (Lipinski definition) is 2. The minimum Gasteiger partial charge on any atom is -0.311 e. The largest absolute Gasteiger partial charge is 0.311 e. The summed E-state index contributed by atoms with van der Waals surface area (Å²) in [4.78, 5) is 4.57. The Labute approximate surface area is 306 Å². The van der Waals surface area contributed by atoms with Gasteiger partial charge in [-0.1, -0.05) is 158 Å². The van der Waals surface area contributed by atoms with Gasteiger partial charge in [-0.3, -0.25) is 0 Å². The molecule has 0 spiro atoms. The van der Waals surface area contributed by atoms with Gasteiger partial charge in [0.1, 0.15) is 0 Å². The van der Waals surface area contributed by atoms with E-state index in [2.05, 4.69) is 240 Å². The quantitative estimate of drug-likeness (QED) is 0.134. The van der Waals surface area contributed by atoms with E-state index in [0.717, 1.165) is 45.3 Å². The Morgan fingerprint density at radius 2 is 0.500 bits per heavy atom. The fourth-order valence-corrected chi connectivity index (χ4v) is 6.68. The molecule has 2 nitrogen and oxygen atoms in total. The summed E-state index contributed by atoms with van der Waals surface area (Å²) in [6.07, 6.45) is 8.85. The standard InChI is InChI=1S/C50H38N2/c1-5-15-43(16-6-1)51(44-17-7-2-8-18-44)47-35-27-39(28-36-47)25-31-41-33-34-42(50-24-14-13-23-49(41)50)32-26-40-29-37-48(38-30-40)52(45-19-9-3-10-20-45)46-21-11-4-12-22-46/h1-38H. The normalized spacial score (nSPS) is 11.3. The van der Waals surface area contributed by atoms with E-state index in [1.165, 1.54) is 21.9 Å². The van der Waals surface area contributed by atoms with Crippen LogP contribution in [0.15, 0.2) is 206 Å². The Kier molecular flexibility index (Phi) is 9.53. The molecular weight excluding hydrogens is 629 g/mol. The number of fused-ring (bicyclic) bond motifs is 1. The molecule has 0 radical (unpaired) electrons. The van der Waals surface area contributed by atoms with Crippen molar-refractivity contribution in [2.75, 3.05) is 9.80 Å². The Balaban J connectivity index is 1.02. The smallest absolute Gasteiger partial charge is 0.0462 e. The summed E-state index contributed by atoms with van der Waals surface area (Å²) >= 11 is 0. The first-order valence-electron chi connectivity index (χ1n) is 17.7. The van der Waals surface area contributed by atoms with Crippen molar-refractivity contribution >= 4 is 69.2 Å². The lowest BCUT2D eigenvalue weighted by molar-refractivity contribution is 1.28.